The molecule has 0 spiro atoms. The molecule has 0 radical (unpaired) electrons. The fourth-order valence-electron chi connectivity index (χ4n) is 2.85. The minimum absolute atomic E-state index is 0.0540. The molecule has 0 unspecified atom stereocenters. The number of thiazole rings is 1. The standard InChI is InChI=1S/C16H26N2OS/c1-11(2)16-18-12(3)14(20-16)15(19)17-10-6-9-13-7-4-5-8-13/h11,13H,4-10H2,1-3H3,(H,17,19). The topological polar surface area (TPSA) is 42.0 Å². The number of aromatic nitrogens is 1. The molecule has 1 aliphatic rings. The van der Waals surface area contributed by atoms with Gasteiger partial charge < -0.3 is 5.32 Å². The number of nitrogens with zero attached hydrogens (tertiary/aromatic N) is 1. The van der Waals surface area contributed by atoms with E-state index in [-0.39, 0.29) is 5.91 Å². The van der Waals surface area contributed by atoms with Gasteiger partial charge in [-0.2, -0.15) is 0 Å². The van der Waals surface area contributed by atoms with Crippen molar-refractivity contribution in [2.75, 3.05) is 6.54 Å². The molecule has 1 saturated carbocycles. The highest BCUT2D eigenvalue weighted by Gasteiger charge is 2.17. The van der Waals surface area contributed by atoms with Crippen LogP contribution in [-0.4, -0.2) is 17.4 Å². The van der Waals surface area contributed by atoms with Crippen molar-refractivity contribution < 1.29 is 4.79 Å². The Morgan fingerprint density at radius 2 is 2.10 bits per heavy atom. The van der Waals surface area contributed by atoms with E-state index >= 15 is 0 Å². The predicted molar refractivity (Wildman–Crippen MR) is 84.5 cm³/mol. The third kappa shape index (κ3) is 4.05. The Balaban J connectivity index is 1.76. The first-order chi connectivity index (χ1) is 9.58. The number of hydrogen-bond donors (Lipinski definition) is 1. The molecule has 0 aliphatic heterocycles. The number of aryl methyl sites for hydroxylation is 1. The van der Waals surface area contributed by atoms with Gasteiger partial charge in [0.1, 0.15) is 4.88 Å². The summed E-state index contributed by atoms with van der Waals surface area (Å²) in [5.74, 6) is 1.35. The number of carbonyl (C=O) groups is 1. The molecule has 1 amide bonds. The fraction of sp³-hybridized carbons (Fsp3) is 0.750. The summed E-state index contributed by atoms with van der Waals surface area (Å²) in [6.45, 7) is 6.95. The molecule has 112 valence electrons. The summed E-state index contributed by atoms with van der Waals surface area (Å²) >= 11 is 1.54. The van der Waals surface area contributed by atoms with Gasteiger partial charge in [-0.3, -0.25) is 4.79 Å². The van der Waals surface area contributed by atoms with Crippen LogP contribution >= 0.6 is 11.3 Å². The molecule has 1 aliphatic carbocycles. The Morgan fingerprint density at radius 1 is 1.40 bits per heavy atom. The van der Waals surface area contributed by atoms with E-state index in [0.717, 1.165) is 34.5 Å². The minimum Gasteiger partial charge on any atom is -0.351 e. The van der Waals surface area contributed by atoms with Crippen LogP contribution in [0.3, 0.4) is 0 Å². The van der Waals surface area contributed by atoms with E-state index in [0.29, 0.717) is 5.92 Å². The van der Waals surface area contributed by atoms with Crippen LogP contribution in [0.5, 0.6) is 0 Å². The van der Waals surface area contributed by atoms with E-state index in [1.807, 2.05) is 6.92 Å². The Labute approximate surface area is 126 Å². The van der Waals surface area contributed by atoms with Gasteiger partial charge in [0.15, 0.2) is 0 Å². The molecular formula is C16H26N2OS. The highest BCUT2D eigenvalue weighted by molar-refractivity contribution is 7.13. The molecule has 1 N–H and O–H groups in total. The Bertz CT molecular complexity index is 447. The first-order valence-electron chi connectivity index (χ1n) is 7.83. The summed E-state index contributed by atoms with van der Waals surface area (Å²) in [6, 6.07) is 0. The lowest BCUT2D eigenvalue weighted by molar-refractivity contribution is 0.0955. The van der Waals surface area contributed by atoms with Gasteiger partial charge in [0.05, 0.1) is 10.7 Å². The zero-order chi connectivity index (χ0) is 14.5. The molecule has 0 saturated heterocycles. The monoisotopic (exact) mass is 294 g/mol. The van der Waals surface area contributed by atoms with Gasteiger partial charge in [0.25, 0.3) is 5.91 Å². The third-order valence-electron chi connectivity index (χ3n) is 4.06. The van der Waals surface area contributed by atoms with Crippen LogP contribution in [-0.2, 0) is 0 Å². The second-order valence-electron chi connectivity index (χ2n) is 6.17. The van der Waals surface area contributed by atoms with Crippen molar-refractivity contribution in [3.05, 3.63) is 15.6 Å². The fourth-order valence-corrected chi connectivity index (χ4v) is 3.83. The Hall–Kier alpha value is -0.900. The van der Waals surface area contributed by atoms with Crippen molar-refractivity contribution in [2.24, 2.45) is 5.92 Å². The smallest absolute Gasteiger partial charge is 0.263 e. The van der Waals surface area contributed by atoms with Gasteiger partial charge in [-0.1, -0.05) is 39.5 Å². The van der Waals surface area contributed by atoms with Crippen LogP contribution in [0.1, 0.15) is 78.7 Å². The van der Waals surface area contributed by atoms with E-state index in [9.17, 15) is 4.79 Å². The maximum Gasteiger partial charge on any atom is 0.263 e. The number of carbonyl (C=O) groups excluding carboxylic acids is 1. The van der Waals surface area contributed by atoms with Gasteiger partial charge in [-0.05, 0) is 25.7 Å². The highest BCUT2D eigenvalue weighted by Crippen LogP contribution is 2.28. The van der Waals surface area contributed by atoms with Crippen molar-refractivity contribution in [3.8, 4) is 0 Å². The second kappa shape index (κ2) is 7.21. The molecule has 4 heteroatoms. The largest absolute Gasteiger partial charge is 0.351 e. The van der Waals surface area contributed by atoms with Crippen molar-refractivity contribution in [2.45, 2.75) is 65.2 Å². The zero-order valence-electron chi connectivity index (χ0n) is 12.9. The van der Waals surface area contributed by atoms with Crippen molar-refractivity contribution in [3.63, 3.8) is 0 Å². The Morgan fingerprint density at radius 3 is 2.70 bits per heavy atom. The summed E-state index contributed by atoms with van der Waals surface area (Å²) in [6.07, 6.45) is 7.94. The molecule has 1 aromatic rings. The van der Waals surface area contributed by atoms with Crippen molar-refractivity contribution in [1.82, 2.24) is 10.3 Å². The van der Waals surface area contributed by atoms with E-state index in [2.05, 4.69) is 24.1 Å². The number of hydrogen-bond acceptors (Lipinski definition) is 3. The predicted octanol–water partition coefficient (Wildman–Crippen LogP) is 4.28. The van der Waals surface area contributed by atoms with Crippen LogP contribution < -0.4 is 5.32 Å². The van der Waals surface area contributed by atoms with E-state index in [4.69, 9.17) is 0 Å². The van der Waals surface area contributed by atoms with Gasteiger partial charge in [0.2, 0.25) is 0 Å². The van der Waals surface area contributed by atoms with Crippen molar-refractivity contribution >= 4 is 17.2 Å². The van der Waals surface area contributed by atoms with Crippen LogP contribution in [0.15, 0.2) is 0 Å². The third-order valence-corrected chi connectivity index (χ3v) is 5.52. The lowest BCUT2D eigenvalue weighted by Crippen LogP contribution is -2.24. The summed E-state index contributed by atoms with van der Waals surface area (Å²) in [4.78, 5) is 17.4. The molecule has 1 fully saturated rings. The average molecular weight is 294 g/mol. The van der Waals surface area contributed by atoms with E-state index in [1.54, 1.807) is 0 Å². The van der Waals surface area contributed by atoms with Gasteiger partial charge in [0, 0.05) is 12.5 Å². The number of amides is 1. The average Bonchev–Trinajstić information content (AvgIpc) is 3.03. The summed E-state index contributed by atoms with van der Waals surface area (Å²) in [5, 5.41) is 4.10. The zero-order valence-corrected chi connectivity index (χ0v) is 13.7. The van der Waals surface area contributed by atoms with Crippen LogP contribution in [0, 0.1) is 12.8 Å². The number of rotatable bonds is 6. The lowest BCUT2D eigenvalue weighted by atomic mass is 10.0. The molecule has 0 aromatic carbocycles. The molecule has 20 heavy (non-hydrogen) atoms. The molecule has 1 aromatic heterocycles. The lowest BCUT2D eigenvalue weighted by Gasteiger charge is -2.08. The summed E-state index contributed by atoms with van der Waals surface area (Å²) in [7, 11) is 0. The molecule has 0 atom stereocenters. The van der Waals surface area contributed by atoms with Crippen LogP contribution in [0.2, 0.25) is 0 Å². The van der Waals surface area contributed by atoms with Crippen LogP contribution in [0.25, 0.3) is 0 Å². The minimum atomic E-state index is 0.0540. The first kappa shape index (κ1) is 15.5. The van der Waals surface area contributed by atoms with Gasteiger partial charge in [-0.25, -0.2) is 4.98 Å². The summed E-state index contributed by atoms with van der Waals surface area (Å²) < 4.78 is 0. The van der Waals surface area contributed by atoms with E-state index in [1.165, 1.54) is 43.4 Å². The highest BCUT2D eigenvalue weighted by atomic mass is 32.1. The first-order valence-corrected chi connectivity index (χ1v) is 8.65. The van der Waals surface area contributed by atoms with Gasteiger partial charge >= 0.3 is 0 Å². The molecule has 2 rings (SSSR count). The van der Waals surface area contributed by atoms with E-state index < -0.39 is 0 Å². The maximum absolute atomic E-state index is 12.2. The molecule has 1 heterocycles. The molecule has 0 bridgehead atoms. The van der Waals surface area contributed by atoms with Gasteiger partial charge in [-0.15, -0.1) is 11.3 Å². The SMILES string of the molecule is Cc1nc(C(C)C)sc1C(=O)NCCCC1CCCC1. The quantitative estimate of drug-likeness (QED) is 0.796. The molecule has 3 nitrogen and oxygen atoms in total. The molecular weight excluding hydrogens is 268 g/mol. The Kier molecular flexibility index (Phi) is 5.58. The second-order valence-corrected chi connectivity index (χ2v) is 7.20. The number of nitrogens with one attached hydrogen (secondary N) is 1. The van der Waals surface area contributed by atoms with Crippen LogP contribution in [0.4, 0.5) is 0 Å². The van der Waals surface area contributed by atoms with Crippen molar-refractivity contribution in [1.29, 1.82) is 0 Å². The maximum atomic E-state index is 12.2. The summed E-state index contributed by atoms with van der Waals surface area (Å²) in [5.41, 5.74) is 0.868. The normalized spacial score (nSPS) is 16.0.